The number of nitrogens with zero attached hydrogens (tertiary/aromatic N) is 5. The number of benzene rings is 1. The summed E-state index contributed by atoms with van der Waals surface area (Å²) in [5.41, 5.74) is 2.99. The summed E-state index contributed by atoms with van der Waals surface area (Å²) in [6.45, 7) is 4.07. The van der Waals surface area contributed by atoms with Gasteiger partial charge in [-0.15, -0.1) is 5.10 Å². The Morgan fingerprint density at radius 1 is 0.966 bits per heavy atom. The van der Waals surface area contributed by atoms with Crippen LogP contribution < -0.4 is 5.32 Å². The summed E-state index contributed by atoms with van der Waals surface area (Å²) < 4.78 is 1.86. The summed E-state index contributed by atoms with van der Waals surface area (Å²) in [5, 5.41) is 11.5. The number of hydrogen-bond donors (Lipinski definition) is 1. The van der Waals surface area contributed by atoms with Crippen LogP contribution in [0.3, 0.4) is 0 Å². The zero-order chi connectivity index (χ0) is 20.1. The van der Waals surface area contributed by atoms with Crippen LogP contribution in [-0.4, -0.2) is 62.9 Å². The average molecular weight is 396 g/mol. The van der Waals surface area contributed by atoms with Crippen molar-refractivity contribution in [3.05, 3.63) is 47.3 Å². The van der Waals surface area contributed by atoms with Crippen LogP contribution in [0.2, 0.25) is 0 Å². The highest BCUT2D eigenvalue weighted by Gasteiger charge is 2.25. The van der Waals surface area contributed by atoms with E-state index in [2.05, 4.69) is 27.8 Å². The SMILES string of the molecule is O=C(CCc1nnn2c1CN(C(=O)NCCc1ccccc1)CC2)N1CCCC1. The molecule has 0 saturated carbocycles. The maximum absolute atomic E-state index is 12.6. The van der Waals surface area contributed by atoms with E-state index < -0.39 is 0 Å². The average Bonchev–Trinajstić information content (AvgIpc) is 3.42. The predicted octanol–water partition coefficient (Wildman–Crippen LogP) is 1.60. The Kier molecular flexibility index (Phi) is 6.07. The van der Waals surface area contributed by atoms with Gasteiger partial charge in [-0.3, -0.25) is 4.79 Å². The molecule has 1 fully saturated rings. The number of carbonyl (C=O) groups is 2. The Morgan fingerprint density at radius 2 is 1.76 bits per heavy atom. The van der Waals surface area contributed by atoms with E-state index in [0.717, 1.165) is 43.7 Å². The monoisotopic (exact) mass is 396 g/mol. The van der Waals surface area contributed by atoms with Crippen LogP contribution in [0.25, 0.3) is 0 Å². The Morgan fingerprint density at radius 3 is 2.55 bits per heavy atom. The molecule has 8 nitrogen and oxygen atoms in total. The summed E-state index contributed by atoms with van der Waals surface area (Å²) in [5.74, 6) is 0.190. The molecule has 2 aliphatic rings. The maximum atomic E-state index is 12.6. The number of aromatic nitrogens is 3. The van der Waals surface area contributed by atoms with Gasteiger partial charge in [0.1, 0.15) is 0 Å². The molecule has 0 aliphatic carbocycles. The zero-order valence-corrected chi connectivity index (χ0v) is 16.7. The minimum Gasteiger partial charge on any atom is -0.343 e. The molecule has 0 unspecified atom stereocenters. The fourth-order valence-corrected chi connectivity index (χ4v) is 3.98. The molecule has 0 bridgehead atoms. The third-order valence-corrected chi connectivity index (χ3v) is 5.69. The van der Waals surface area contributed by atoms with Crippen LogP contribution in [0.4, 0.5) is 4.79 Å². The molecule has 2 aromatic rings. The van der Waals surface area contributed by atoms with Crippen LogP contribution in [0.1, 0.15) is 36.2 Å². The number of nitrogens with one attached hydrogen (secondary N) is 1. The third-order valence-electron chi connectivity index (χ3n) is 5.69. The summed E-state index contributed by atoms with van der Waals surface area (Å²) in [6.07, 6.45) is 4.04. The number of urea groups is 1. The molecule has 29 heavy (non-hydrogen) atoms. The molecule has 8 heteroatoms. The van der Waals surface area contributed by atoms with Crippen molar-refractivity contribution in [2.45, 2.75) is 45.2 Å². The van der Waals surface area contributed by atoms with E-state index in [-0.39, 0.29) is 11.9 Å². The number of carbonyl (C=O) groups excluding carboxylic acids is 2. The minimum atomic E-state index is -0.0625. The van der Waals surface area contributed by atoms with Crippen LogP contribution >= 0.6 is 0 Å². The quantitative estimate of drug-likeness (QED) is 0.804. The second kappa shape index (κ2) is 9.07. The second-order valence-corrected chi connectivity index (χ2v) is 7.68. The second-order valence-electron chi connectivity index (χ2n) is 7.68. The molecular weight excluding hydrogens is 368 g/mol. The number of fused-ring (bicyclic) bond motifs is 1. The number of aryl methyl sites for hydroxylation is 1. The zero-order valence-electron chi connectivity index (χ0n) is 16.7. The highest BCUT2D eigenvalue weighted by molar-refractivity contribution is 5.76. The van der Waals surface area contributed by atoms with Crippen molar-refractivity contribution in [3.8, 4) is 0 Å². The molecule has 1 aromatic carbocycles. The molecule has 0 atom stereocenters. The van der Waals surface area contributed by atoms with Gasteiger partial charge >= 0.3 is 6.03 Å². The summed E-state index contributed by atoms with van der Waals surface area (Å²) >= 11 is 0. The van der Waals surface area contributed by atoms with Gasteiger partial charge in [-0.1, -0.05) is 35.5 Å². The smallest absolute Gasteiger partial charge is 0.317 e. The van der Waals surface area contributed by atoms with Crippen molar-refractivity contribution in [1.29, 1.82) is 0 Å². The third kappa shape index (κ3) is 4.75. The first-order valence-electron chi connectivity index (χ1n) is 10.5. The van der Waals surface area contributed by atoms with Crippen molar-refractivity contribution in [2.75, 3.05) is 26.2 Å². The van der Waals surface area contributed by atoms with E-state index in [0.29, 0.717) is 39.0 Å². The van der Waals surface area contributed by atoms with Gasteiger partial charge in [0.2, 0.25) is 5.91 Å². The van der Waals surface area contributed by atoms with Crippen molar-refractivity contribution in [3.63, 3.8) is 0 Å². The van der Waals surface area contributed by atoms with Gasteiger partial charge in [0, 0.05) is 39.0 Å². The van der Waals surface area contributed by atoms with Gasteiger partial charge < -0.3 is 15.1 Å². The normalized spacial score (nSPS) is 16.0. The molecule has 0 spiro atoms. The predicted molar refractivity (Wildman–Crippen MR) is 108 cm³/mol. The van der Waals surface area contributed by atoms with Crippen molar-refractivity contribution in [1.82, 2.24) is 30.1 Å². The first kappa shape index (κ1) is 19.4. The Hall–Kier alpha value is -2.90. The van der Waals surface area contributed by atoms with Crippen LogP contribution in [-0.2, 0) is 30.7 Å². The van der Waals surface area contributed by atoms with Crippen molar-refractivity contribution < 1.29 is 9.59 Å². The van der Waals surface area contributed by atoms with Crippen LogP contribution in [0.15, 0.2) is 30.3 Å². The lowest BCUT2D eigenvalue weighted by atomic mass is 10.1. The number of amides is 3. The van der Waals surface area contributed by atoms with Crippen LogP contribution in [0.5, 0.6) is 0 Å². The van der Waals surface area contributed by atoms with E-state index >= 15 is 0 Å². The van der Waals surface area contributed by atoms with Gasteiger partial charge in [0.05, 0.1) is 24.5 Å². The Labute approximate surface area is 170 Å². The summed E-state index contributed by atoms with van der Waals surface area (Å²) in [4.78, 5) is 28.6. The molecule has 1 N–H and O–H groups in total. The molecule has 1 saturated heterocycles. The topological polar surface area (TPSA) is 83.4 Å². The van der Waals surface area contributed by atoms with Gasteiger partial charge in [0.25, 0.3) is 0 Å². The van der Waals surface area contributed by atoms with Crippen LogP contribution in [0, 0.1) is 0 Å². The number of rotatable bonds is 6. The number of likely N-dealkylation sites (tertiary alicyclic amines) is 1. The highest BCUT2D eigenvalue weighted by atomic mass is 16.2. The van der Waals surface area contributed by atoms with Crippen molar-refractivity contribution in [2.24, 2.45) is 0 Å². The minimum absolute atomic E-state index is 0.0625. The van der Waals surface area contributed by atoms with Gasteiger partial charge in [-0.25, -0.2) is 9.48 Å². The Bertz CT molecular complexity index is 844. The number of hydrogen-bond acceptors (Lipinski definition) is 4. The lowest BCUT2D eigenvalue weighted by molar-refractivity contribution is -0.130. The maximum Gasteiger partial charge on any atom is 0.317 e. The van der Waals surface area contributed by atoms with E-state index in [1.54, 1.807) is 4.90 Å². The lowest BCUT2D eigenvalue weighted by Crippen LogP contribution is -2.45. The summed E-state index contributed by atoms with van der Waals surface area (Å²) in [6, 6.07) is 10.1. The van der Waals surface area contributed by atoms with E-state index in [4.69, 9.17) is 0 Å². The molecule has 0 radical (unpaired) electrons. The van der Waals surface area contributed by atoms with E-state index in [1.807, 2.05) is 27.8 Å². The fraction of sp³-hybridized carbons (Fsp3) is 0.524. The summed E-state index contributed by atoms with van der Waals surface area (Å²) in [7, 11) is 0. The lowest BCUT2D eigenvalue weighted by Gasteiger charge is -2.28. The largest absolute Gasteiger partial charge is 0.343 e. The van der Waals surface area contributed by atoms with Crippen molar-refractivity contribution >= 4 is 11.9 Å². The fourth-order valence-electron chi connectivity index (χ4n) is 3.98. The highest BCUT2D eigenvalue weighted by Crippen LogP contribution is 2.17. The molecule has 2 aliphatic heterocycles. The van der Waals surface area contributed by atoms with Gasteiger partial charge in [0.15, 0.2) is 0 Å². The molecular formula is C21H28N6O2. The van der Waals surface area contributed by atoms with Gasteiger partial charge in [-0.05, 0) is 24.8 Å². The van der Waals surface area contributed by atoms with E-state index in [1.165, 1.54) is 5.56 Å². The molecule has 3 amide bonds. The molecule has 3 heterocycles. The first-order valence-corrected chi connectivity index (χ1v) is 10.5. The molecule has 4 rings (SSSR count). The molecule has 1 aromatic heterocycles. The molecule has 154 valence electrons. The Balaban J connectivity index is 1.28. The standard InChI is InChI=1S/C21H28N6O2/c28-20(25-12-4-5-13-25)9-8-18-19-16-26(14-15-27(19)24-23-18)21(29)22-11-10-17-6-2-1-3-7-17/h1-3,6-7H,4-5,8-16H2,(H,22,29). The first-order chi connectivity index (χ1) is 14.2. The van der Waals surface area contributed by atoms with E-state index in [9.17, 15) is 9.59 Å². The van der Waals surface area contributed by atoms with Gasteiger partial charge in [-0.2, -0.15) is 0 Å².